The van der Waals surface area contributed by atoms with Crippen LogP contribution in [0, 0.1) is 6.92 Å². The maximum atomic E-state index is 12.9. The smallest absolute Gasteiger partial charge is 0.282 e. The average molecular weight is 493 g/mol. The van der Waals surface area contributed by atoms with Gasteiger partial charge < -0.3 is 9.47 Å². The highest BCUT2D eigenvalue weighted by Crippen LogP contribution is 2.37. The Morgan fingerprint density at radius 2 is 2.07 bits per heavy atom. The zero-order chi connectivity index (χ0) is 21.8. The molecule has 0 radical (unpaired) electrons. The minimum absolute atomic E-state index is 0.00504. The summed E-state index contributed by atoms with van der Waals surface area (Å²) < 4.78 is 13.7. The lowest BCUT2D eigenvalue weighted by Gasteiger charge is -2.18. The van der Waals surface area contributed by atoms with Gasteiger partial charge in [0.1, 0.15) is 5.82 Å². The Balaban J connectivity index is 2.03. The normalized spacial score (nSPS) is 12.5. The number of halogens is 2. The minimum atomic E-state index is -0.247. The molecule has 1 aromatic heterocycles. The first kappa shape index (κ1) is 22.3. The number of benzene rings is 2. The van der Waals surface area contributed by atoms with Crippen molar-refractivity contribution in [1.82, 2.24) is 9.66 Å². The topological polar surface area (TPSA) is 65.7 Å². The zero-order valence-corrected chi connectivity index (χ0v) is 19.6. The Morgan fingerprint density at radius 1 is 1.30 bits per heavy atom. The third-order valence-corrected chi connectivity index (χ3v) is 5.29. The number of hydrogen-bond donors (Lipinski definition) is 0. The number of hydrogen-bond acceptors (Lipinski definition) is 5. The van der Waals surface area contributed by atoms with Gasteiger partial charge in [0.2, 0.25) is 0 Å². The summed E-state index contributed by atoms with van der Waals surface area (Å²) in [4.78, 5) is 17.4. The summed E-state index contributed by atoms with van der Waals surface area (Å²) in [5, 5.41) is 5.26. The van der Waals surface area contributed by atoms with Crippen LogP contribution < -0.4 is 15.0 Å². The van der Waals surface area contributed by atoms with E-state index in [-0.39, 0.29) is 11.7 Å². The van der Waals surface area contributed by atoms with Crippen molar-refractivity contribution in [3.63, 3.8) is 0 Å². The first-order chi connectivity index (χ1) is 14.3. The summed E-state index contributed by atoms with van der Waals surface area (Å²) >= 11 is 9.85. The number of fused-ring (bicyclic) bond motifs is 1. The molecule has 1 heterocycles. The van der Waals surface area contributed by atoms with E-state index in [2.05, 4.69) is 26.0 Å². The van der Waals surface area contributed by atoms with Gasteiger partial charge in [-0.3, -0.25) is 4.79 Å². The summed E-state index contributed by atoms with van der Waals surface area (Å²) in [5.74, 6) is 1.53. The molecule has 0 bridgehead atoms. The molecule has 0 saturated heterocycles. The van der Waals surface area contributed by atoms with Gasteiger partial charge in [-0.25, -0.2) is 4.98 Å². The molecule has 0 amide bonds. The maximum Gasteiger partial charge on any atom is 0.282 e. The van der Waals surface area contributed by atoms with Crippen LogP contribution >= 0.6 is 27.5 Å². The van der Waals surface area contributed by atoms with Gasteiger partial charge in [-0.05, 0) is 63.1 Å². The van der Waals surface area contributed by atoms with E-state index in [0.29, 0.717) is 45.4 Å². The first-order valence-corrected chi connectivity index (χ1v) is 10.9. The summed E-state index contributed by atoms with van der Waals surface area (Å²) in [6.07, 6.45) is 2.41. The first-order valence-electron chi connectivity index (χ1n) is 9.70. The lowest BCUT2D eigenvalue weighted by Crippen LogP contribution is -2.20. The van der Waals surface area contributed by atoms with Crippen molar-refractivity contribution < 1.29 is 9.47 Å². The molecule has 0 unspecified atom stereocenters. The lowest BCUT2D eigenvalue weighted by atomic mass is 10.2. The molecule has 1 atom stereocenters. The molecule has 0 aliphatic heterocycles. The van der Waals surface area contributed by atoms with E-state index in [1.165, 1.54) is 4.68 Å². The van der Waals surface area contributed by atoms with Crippen LogP contribution in [0.5, 0.6) is 11.5 Å². The number of aromatic nitrogens is 2. The van der Waals surface area contributed by atoms with Crippen LogP contribution in [0.3, 0.4) is 0 Å². The predicted octanol–water partition coefficient (Wildman–Crippen LogP) is 5.58. The highest BCUT2D eigenvalue weighted by molar-refractivity contribution is 9.10. The van der Waals surface area contributed by atoms with Crippen LogP contribution in [-0.2, 0) is 0 Å². The standard InChI is InChI=1S/C22H23BrClN3O3/c1-5-13(3)30-21-18(24)9-15(10-20(21)29-6-2)12-25-27-14(4)26-19-8-7-16(23)11-17(19)22(27)28/h7-13H,5-6H2,1-4H3/t13-/m0/s1. The van der Waals surface area contributed by atoms with Crippen molar-refractivity contribution in [3.8, 4) is 11.5 Å². The van der Waals surface area contributed by atoms with E-state index < -0.39 is 0 Å². The quantitative estimate of drug-likeness (QED) is 0.404. The van der Waals surface area contributed by atoms with Gasteiger partial charge in [0.25, 0.3) is 5.56 Å². The second-order valence-electron chi connectivity index (χ2n) is 6.78. The third kappa shape index (κ3) is 4.84. The van der Waals surface area contributed by atoms with E-state index in [9.17, 15) is 4.79 Å². The number of rotatable bonds is 7. The molecule has 0 aliphatic rings. The molecule has 0 spiro atoms. The fraction of sp³-hybridized carbons (Fsp3) is 0.318. The minimum Gasteiger partial charge on any atom is -0.490 e. The molecule has 3 rings (SSSR count). The molecule has 158 valence electrons. The molecule has 0 N–H and O–H groups in total. The van der Waals surface area contributed by atoms with Crippen molar-refractivity contribution in [2.75, 3.05) is 6.61 Å². The fourth-order valence-electron chi connectivity index (χ4n) is 2.84. The SMILES string of the molecule is CCOc1cc(C=Nn2c(C)nc3ccc(Br)cc3c2=O)cc(Cl)c1O[C@@H](C)CC. The number of aryl methyl sites for hydroxylation is 1. The molecule has 6 nitrogen and oxygen atoms in total. The Bertz CT molecular complexity index is 1160. The van der Waals surface area contributed by atoms with Crippen molar-refractivity contribution in [2.24, 2.45) is 5.10 Å². The van der Waals surface area contributed by atoms with Crippen LogP contribution in [0.2, 0.25) is 5.02 Å². The van der Waals surface area contributed by atoms with Crippen LogP contribution in [0.15, 0.2) is 44.7 Å². The summed E-state index contributed by atoms with van der Waals surface area (Å²) in [7, 11) is 0. The van der Waals surface area contributed by atoms with Crippen LogP contribution in [0.4, 0.5) is 0 Å². The predicted molar refractivity (Wildman–Crippen MR) is 124 cm³/mol. The van der Waals surface area contributed by atoms with Crippen LogP contribution in [0.25, 0.3) is 10.9 Å². The lowest BCUT2D eigenvalue weighted by molar-refractivity contribution is 0.203. The summed E-state index contributed by atoms with van der Waals surface area (Å²) in [5.41, 5.74) is 1.06. The largest absolute Gasteiger partial charge is 0.490 e. The van der Waals surface area contributed by atoms with E-state index in [1.807, 2.05) is 26.8 Å². The molecule has 0 saturated carbocycles. The molecular weight excluding hydrogens is 470 g/mol. The second kappa shape index (κ2) is 9.62. The molecule has 30 heavy (non-hydrogen) atoms. The summed E-state index contributed by atoms with van der Waals surface area (Å²) in [6, 6.07) is 8.91. The average Bonchev–Trinajstić information content (AvgIpc) is 2.71. The number of ether oxygens (including phenoxy) is 2. The second-order valence-corrected chi connectivity index (χ2v) is 8.10. The van der Waals surface area contributed by atoms with E-state index in [0.717, 1.165) is 10.9 Å². The van der Waals surface area contributed by atoms with Gasteiger partial charge in [0.05, 0.1) is 34.9 Å². The van der Waals surface area contributed by atoms with E-state index in [1.54, 1.807) is 37.4 Å². The van der Waals surface area contributed by atoms with Crippen molar-refractivity contribution >= 4 is 44.6 Å². The Morgan fingerprint density at radius 3 is 2.77 bits per heavy atom. The van der Waals surface area contributed by atoms with Gasteiger partial charge in [0.15, 0.2) is 11.5 Å². The highest BCUT2D eigenvalue weighted by atomic mass is 79.9. The van der Waals surface area contributed by atoms with Gasteiger partial charge >= 0.3 is 0 Å². The Kier molecular flexibility index (Phi) is 7.15. The number of nitrogens with zero attached hydrogens (tertiary/aromatic N) is 3. The maximum absolute atomic E-state index is 12.9. The van der Waals surface area contributed by atoms with Gasteiger partial charge in [0, 0.05) is 4.47 Å². The highest BCUT2D eigenvalue weighted by Gasteiger charge is 2.15. The third-order valence-electron chi connectivity index (χ3n) is 4.52. The van der Waals surface area contributed by atoms with Gasteiger partial charge in [-0.15, -0.1) is 0 Å². The Labute approximate surface area is 188 Å². The van der Waals surface area contributed by atoms with E-state index in [4.69, 9.17) is 21.1 Å². The van der Waals surface area contributed by atoms with Gasteiger partial charge in [-0.2, -0.15) is 9.78 Å². The summed E-state index contributed by atoms with van der Waals surface area (Å²) in [6.45, 7) is 8.11. The van der Waals surface area contributed by atoms with Crippen LogP contribution in [0.1, 0.15) is 38.6 Å². The fourth-order valence-corrected chi connectivity index (χ4v) is 3.47. The van der Waals surface area contributed by atoms with Crippen LogP contribution in [-0.4, -0.2) is 28.6 Å². The Hall–Kier alpha value is -2.38. The molecule has 2 aromatic carbocycles. The molecular formula is C22H23BrClN3O3. The molecule has 3 aromatic rings. The molecule has 0 aliphatic carbocycles. The molecule has 0 fully saturated rings. The zero-order valence-electron chi connectivity index (χ0n) is 17.3. The van der Waals surface area contributed by atoms with E-state index >= 15 is 0 Å². The van der Waals surface area contributed by atoms with Crippen molar-refractivity contribution in [2.45, 2.75) is 40.2 Å². The van der Waals surface area contributed by atoms with Crippen molar-refractivity contribution in [1.29, 1.82) is 0 Å². The molecule has 8 heteroatoms. The monoisotopic (exact) mass is 491 g/mol. The van der Waals surface area contributed by atoms with Gasteiger partial charge in [-0.1, -0.05) is 34.5 Å². The van der Waals surface area contributed by atoms with Crippen molar-refractivity contribution in [3.05, 3.63) is 61.6 Å².